The van der Waals surface area contributed by atoms with Crippen LogP contribution in [0.4, 0.5) is 0 Å². The second kappa shape index (κ2) is 9.87. The first-order valence-electron chi connectivity index (χ1n) is 17.5. The number of aliphatic hydroxyl groups excluding tert-OH is 1. The molecular formula is C37H46O13. The van der Waals surface area contributed by atoms with Crippen molar-refractivity contribution in [3.63, 3.8) is 0 Å². The molecule has 6 fully saturated rings. The fourth-order valence-corrected chi connectivity index (χ4v) is 12.1. The van der Waals surface area contributed by atoms with E-state index >= 15 is 0 Å². The average molecular weight is 699 g/mol. The highest BCUT2D eigenvalue weighted by molar-refractivity contribution is 5.88. The molecule has 50 heavy (non-hydrogen) atoms. The number of carbonyl (C=O) groups excluding carboxylic acids is 3. The molecule has 0 aromatic carbocycles. The van der Waals surface area contributed by atoms with E-state index < -0.39 is 98.8 Å². The van der Waals surface area contributed by atoms with E-state index in [4.69, 9.17) is 32.8 Å². The average Bonchev–Trinajstić information content (AvgIpc) is 3.87. The summed E-state index contributed by atoms with van der Waals surface area (Å²) in [5.41, 5.74) is -10.8. The maximum atomic E-state index is 13.7. The van der Waals surface area contributed by atoms with Gasteiger partial charge >= 0.3 is 17.9 Å². The Morgan fingerprint density at radius 3 is 2.50 bits per heavy atom. The van der Waals surface area contributed by atoms with Gasteiger partial charge in [-0.15, -0.1) is 0 Å². The SMILES string of the molecule is CC=C(C)C(=O)OC1C2(C)CC3(O)C1(O)C1OC4(C(C)CC)OC15C1=CC(=O)OC(c6ccoc6)C1(C)CCC5(O4)C3(C)C2C(O)C(=O)OC. The molecule has 14 unspecified atom stereocenters. The van der Waals surface area contributed by atoms with Gasteiger partial charge in [0.05, 0.1) is 19.6 Å². The van der Waals surface area contributed by atoms with Crippen LogP contribution < -0.4 is 0 Å². The summed E-state index contributed by atoms with van der Waals surface area (Å²) in [7, 11) is 1.15. The zero-order valence-electron chi connectivity index (χ0n) is 29.6. The van der Waals surface area contributed by atoms with Crippen molar-refractivity contribution in [3.8, 4) is 0 Å². The van der Waals surface area contributed by atoms with Crippen molar-refractivity contribution in [3.05, 3.63) is 47.5 Å². The number of aliphatic hydroxyl groups is 3. The van der Waals surface area contributed by atoms with E-state index in [-0.39, 0.29) is 18.4 Å². The fourth-order valence-electron chi connectivity index (χ4n) is 12.1. The van der Waals surface area contributed by atoms with E-state index in [1.54, 1.807) is 39.8 Å². The molecule has 0 radical (unpaired) electrons. The van der Waals surface area contributed by atoms with Crippen LogP contribution in [-0.2, 0) is 42.8 Å². The standard InChI is InChI=1S/C37H46O13/c1-9-18(3)26(40)47-28-31(6)17-33(42)32(7,24(31)23(39)27(41)44-8)34-13-12-30(5)21(15-22(38)46-25(30)20-11-14-45-16-20)36(34)29(35(28,33)43)48-37(49-34,50-36)19(4)10-2/h9,11,14-16,19,23-25,28-29,39,42-43H,10,12-13,17H2,1-8H3. The molecule has 4 aliphatic carbocycles. The molecule has 3 aliphatic heterocycles. The van der Waals surface area contributed by atoms with Crippen LogP contribution in [0.1, 0.15) is 85.8 Å². The van der Waals surface area contributed by atoms with Crippen LogP contribution >= 0.6 is 0 Å². The van der Waals surface area contributed by atoms with E-state index in [1.165, 1.54) is 18.6 Å². The number of carbonyl (C=O) groups is 3. The third-order valence-electron chi connectivity index (χ3n) is 14.5. The molecule has 2 saturated heterocycles. The molecule has 4 saturated carbocycles. The number of rotatable bonds is 7. The minimum Gasteiger partial charge on any atom is -0.472 e. The Hall–Kier alpha value is -3.07. The van der Waals surface area contributed by atoms with Crippen LogP contribution in [0, 0.1) is 28.1 Å². The molecule has 14 atom stereocenters. The number of ether oxygens (including phenoxy) is 6. The quantitative estimate of drug-likeness (QED) is 0.215. The van der Waals surface area contributed by atoms with Crippen molar-refractivity contribution in [2.24, 2.45) is 28.1 Å². The van der Waals surface area contributed by atoms with Gasteiger partial charge < -0.3 is 48.2 Å². The van der Waals surface area contributed by atoms with Crippen molar-refractivity contribution in [1.29, 1.82) is 0 Å². The van der Waals surface area contributed by atoms with Gasteiger partial charge in [-0.3, -0.25) is 0 Å². The van der Waals surface area contributed by atoms with E-state index in [1.807, 2.05) is 20.8 Å². The van der Waals surface area contributed by atoms with E-state index in [9.17, 15) is 29.7 Å². The number of esters is 3. The van der Waals surface area contributed by atoms with Gasteiger partial charge in [0.2, 0.25) is 0 Å². The first-order chi connectivity index (χ1) is 23.4. The monoisotopic (exact) mass is 698 g/mol. The van der Waals surface area contributed by atoms with Gasteiger partial charge in [-0.2, -0.15) is 0 Å². The molecule has 1 spiro atoms. The van der Waals surface area contributed by atoms with Gasteiger partial charge in [-0.25, -0.2) is 14.4 Å². The smallest absolute Gasteiger partial charge is 0.335 e. The second-order valence-corrected chi connectivity index (χ2v) is 16.3. The van der Waals surface area contributed by atoms with Gasteiger partial charge in [-0.05, 0) is 51.2 Å². The third-order valence-corrected chi connectivity index (χ3v) is 14.5. The van der Waals surface area contributed by atoms with Crippen LogP contribution in [0.25, 0.3) is 0 Å². The lowest BCUT2D eigenvalue weighted by molar-refractivity contribution is -0.457. The molecule has 4 bridgehead atoms. The summed E-state index contributed by atoms with van der Waals surface area (Å²) in [5, 5.41) is 39.0. The van der Waals surface area contributed by atoms with Gasteiger partial charge in [0.15, 0.2) is 17.3 Å². The summed E-state index contributed by atoms with van der Waals surface area (Å²) in [4.78, 5) is 40.7. The van der Waals surface area contributed by atoms with Crippen LogP contribution in [0.15, 0.2) is 46.3 Å². The maximum Gasteiger partial charge on any atom is 0.335 e. The number of cyclic esters (lactones) is 1. The molecule has 0 amide bonds. The van der Waals surface area contributed by atoms with Crippen molar-refractivity contribution >= 4 is 17.9 Å². The highest BCUT2D eigenvalue weighted by Gasteiger charge is 3.03. The van der Waals surface area contributed by atoms with Gasteiger partial charge in [-0.1, -0.05) is 40.7 Å². The van der Waals surface area contributed by atoms with E-state index in [0.29, 0.717) is 24.0 Å². The Morgan fingerprint density at radius 2 is 1.88 bits per heavy atom. The number of allylic oxidation sites excluding steroid dienone is 1. The third kappa shape index (κ3) is 3.23. The Bertz CT molecular complexity index is 1750. The molecule has 1 aromatic heterocycles. The first kappa shape index (κ1) is 34.0. The van der Waals surface area contributed by atoms with Crippen LogP contribution in [-0.4, -0.2) is 87.0 Å². The Labute approximate surface area is 289 Å². The lowest BCUT2D eigenvalue weighted by Crippen LogP contribution is -2.92. The topological polar surface area (TPSA) is 180 Å². The molecule has 272 valence electrons. The molecule has 4 heterocycles. The molecule has 13 nitrogen and oxygen atoms in total. The molecule has 3 N–H and O–H groups in total. The van der Waals surface area contributed by atoms with Gasteiger partial charge in [0.25, 0.3) is 5.97 Å². The highest BCUT2D eigenvalue weighted by Crippen LogP contribution is 2.88. The van der Waals surface area contributed by atoms with Crippen molar-refractivity contribution in [1.82, 2.24) is 0 Å². The van der Waals surface area contributed by atoms with Gasteiger partial charge in [0.1, 0.15) is 29.5 Å². The summed E-state index contributed by atoms with van der Waals surface area (Å²) in [5.74, 6) is -5.83. The molecule has 7 aliphatic rings. The van der Waals surface area contributed by atoms with Crippen molar-refractivity contribution < 1.29 is 62.5 Å². The normalized spacial score (nSPS) is 50.6. The van der Waals surface area contributed by atoms with Gasteiger partial charge in [0, 0.05) is 45.3 Å². The predicted molar refractivity (Wildman–Crippen MR) is 169 cm³/mol. The minimum absolute atomic E-state index is 0.183. The summed E-state index contributed by atoms with van der Waals surface area (Å²) >= 11 is 0. The van der Waals surface area contributed by atoms with Crippen LogP contribution in [0.3, 0.4) is 0 Å². The number of hydrogen-bond donors (Lipinski definition) is 3. The zero-order valence-corrected chi connectivity index (χ0v) is 29.6. The molecule has 8 rings (SSSR count). The number of hydrogen-bond acceptors (Lipinski definition) is 13. The number of furan rings is 1. The maximum absolute atomic E-state index is 13.7. The zero-order chi connectivity index (χ0) is 36.2. The van der Waals surface area contributed by atoms with Crippen LogP contribution in [0.5, 0.6) is 0 Å². The van der Waals surface area contributed by atoms with E-state index in [0.717, 1.165) is 7.11 Å². The van der Waals surface area contributed by atoms with Crippen molar-refractivity contribution in [2.75, 3.05) is 7.11 Å². The second-order valence-electron chi connectivity index (χ2n) is 16.3. The minimum atomic E-state index is -2.40. The largest absolute Gasteiger partial charge is 0.472 e. The fraction of sp³-hybridized carbons (Fsp3) is 0.703. The molecular weight excluding hydrogens is 652 g/mol. The van der Waals surface area contributed by atoms with Crippen LogP contribution in [0.2, 0.25) is 0 Å². The number of fused-ring (bicyclic) bond motifs is 4. The summed E-state index contributed by atoms with van der Waals surface area (Å²) < 4.78 is 44.0. The Balaban J connectivity index is 1.46. The molecule has 13 heteroatoms. The number of methoxy groups -OCH3 is 1. The highest BCUT2D eigenvalue weighted by atomic mass is 17.0. The lowest BCUT2D eigenvalue weighted by atomic mass is 9.34. The summed E-state index contributed by atoms with van der Waals surface area (Å²) in [6, 6.07) is 1.72. The lowest BCUT2D eigenvalue weighted by Gasteiger charge is -2.75. The summed E-state index contributed by atoms with van der Waals surface area (Å²) in [6.45, 7) is 12.4. The molecule has 1 aromatic rings. The Kier molecular flexibility index (Phi) is 6.72. The Morgan fingerprint density at radius 1 is 1.16 bits per heavy atom. The van der Waals surface area contributed by atoms with Crippen molar-refractivity contribution in [2.45, 2.75) is 127 Å². The first-order valence-corrected chi connectivity index (χ1v) is 17.5. The predicted octanol–water partition coefficient (Wildman–Crippen LogP) is 3.16. The summed E-state index contributed by atoms with van der Waals surface area (Å²) in [6.07, 6.45) is 1.14. The van der Waals surface area contributed by atoms with E-state index in [2.05, 4.69) is 0 Å².